The summed E-state index contributed by atoms with van der Waals surface area (Å²) >= 11 is 3.10. The van der Waals surface area contributed by atoms with Crippen LogP contribution in [0.5, 0.6) is 5.75 Å². The Hall–Kier alpha value is -1.28. The summed E-state index contributed by atoms with van der Waals surface area (Å²) in [7, 11) is 0. The van der Waals surface area contributed by atoms with Crippen LogP contribution in [0.25, 0.3) is 0 Å². The third-order valence-electron chi connectivity index (χ3n) is 1.88. The van der Waals surface area contributed by atoms with Crippen LogP contribution in [0.2, 0.25) is 0 Å². The molecule has 0 saturated heterocycles. The molecule has 0 saturated carbocycles. The Morgan fingerprint density at radius 3 is 2.73 bits per heavy atom. The molecule has 0 spiro atoms. The van der Waals surface area contributed by atoms with Crippen molar-refractivity contribution < 1.29 is 5.11 Å². The van der Waals surface area contributed by atoms with Crippen LogP contribution in [0.15, 0.2) is 15.5 Å². The van der Waals surface area contributed by atoms with Gasteiger partial charge < -0.3 is 9.67 Å². The Balaban J connectivity index is 3.39. The van der Waals surface area contributed by atoms with E-state index in [9.17, 15) is 9.90 Å². The van der Waals surface area contributed by atoms with Crippen molar-refractivity contribution in [2.24, 2.45) is 5.92 Å². The smallest absolute Gasteiger partial charge is 0.272 e. The molecule has 0 aliphatic carbocycles. The van der Waals surface area contributed by atoms with Crippen LogP contribution in [-0.4, -0.2) is 9.67 Å². The lowest BCUT2D eigenvalue weighted by atomic mass is 10.2. The third kappa shape index (κ3) is 2.39. The summed E-state index contributed by atoms with van der Waals surface area (Å²) < 4.78 is 1.78. The number of halogens is 1. The second-order valence-electron chi connectivity index (χ2n) is 3.66. The average Bonchev–Trinajstić information content (AvgIpc) is 2.14. The van der Waals surface area contributed by atoms with Gasteiger partial charge in [0.05, 0.1) is 4.47 Å². The Morgan fingerprint density at radius 1 is 1.67 bits per heavy atom. The maximum Gasteiger partial charge on any atom is 0.272 e. The molecule has 4 nitrogen and oxygen atoms in total. The van der Waals surface area contributed by atoms with Crippen molar-refractivity contribution in [3.8, 4) is 11.8 Å². The number of nitrogens with zero attached hydrogens (tertiary/aromatic N) is 2. The molecule has 5 heteroatoms. The summed E-state index contributed by atoms with van der Waals surface area (Å²) in [6, 6.07) is 1.70. The van der Waals surface area contributed by atoms with Crippen LogP contribution in [0, 0.1) is 17.2 Å². The van der Waals surface area contributed by atoms with Gasteiger partial charge in [-0.1, -0.05) is 13.8 Å². The Bertz CT molecular complexity index is 472. The fourth-order valence-electron chi connectivity index (χ4n) is 1.25. The molecule has 0 unspecified atom stereocenters. The number of pyridine rings is 1. The standard InChI is InChI=1S/C10H11BrN2O2/c1-6(2)4-13-5-8(11)9(14)7(3-12)10(13)15/h5-6,14H,4H2,1-2H3. The molecule has 0 aliphatic rings. The molecule has 80 valence electrons. The van der Waals surface area contributed by atoms with Crippen molar-refractivity contribution >= 4 is 15.9 Å². The molecule has 0 amide bonds. The lowest BCUT2D eigenvalue weighted by Crippen LogP contribution is -2.24. The van der Waals surface area contributed by atoms with Gasteiger partial charge in [-0.15, -0.1) is 0 Å². The minimum absolute atomic E-state index is 0.218. The normalized spacial score (nSPS) is 10.3. The molecule has 15 heavy (non-hydrogen) atoms. The highest BCUT2D eigenvalue weighted by atomic mass is 79.9. The van der Waals surface area contributed by atoms with Gasteiger partial charge in [0, 0.05) is 12.7 Å². The number of hydrogen-bond donors (Lipinski definition) is 1. The molecule has 1 N–H and O–H groups in total. The van der Waals surface area contributed by atoms with Crippen molar-refractivity contribution in [3.05, 3.63) is 26.6 Å². The maximum atomic E-state index is 11.7. The summed E-state index contributed by atoms with van der Waals surface area (Å²) in [4.78, 5) is 11.7. The van der Waals surface area contributed by atoms with Gasteiger partial charge in [0.15, 0.2) is 11.3 Å². The fraction of sp³-hybridized carbons (Fsp3) is 0.400. The van der Waals surface area contributed by atoms with E-state index in [1.54, 1.807) is 6.07 Å². The zero-order chi connectivity index (χ0) is 11.6. The zero-order valence-corrected chi connectivity index (χ0v) is 10.1. The van der Waals surface area contributed by atoms with Gasteiger partial charge in [0.2, 0.25) is 0 Å². The van der Waals surface area contributed by atoms with E-state index in [0.29, 0.717) is 16.9 Å². The molecule has 0 aromatic carbocycles. The van der Waals surface area contributed by atoms with Gasteiger partial charge in [0.1, 0.15) is 6.07 Å². The van der Waals surface area contributed by atoms with Crippen molar-refractivity contribution in [2.45, 2.75) is 20.4 Å². The Kier molecular flexibility index (Phi) is 3.53. The molecule has 0 radical (unpaired) electrons. The highest BCUT2D eigenvalue weighted by molar-refractivity contribution is 9.10. The highest BCUT2D eigenvalue weighted by Gasteiger charge is 2.13. The van der Waals surface area contributed by atoms with E-state index in [-0.39, 0.29) is 11.3 Å². The second-order valence-corrected chi connectivity index (χ2v) is 4.52. The number of aromatic nitrogens is 1. The number of rotatable bonds is 2. The highest BCUT2D eigenvalue weighted by Crippen LogP contribution is 2.24. The molecule has 0 bridgehead atoms. The van der Waals surface area contributed by atoms with Crippen LogP contribution in [0.1, 0.15) is 19.4 Å². The topological polar surface area (TPSA) is 66.0 Å². The van der Waals surface area contributed by atoms with Gasteiger partial charge >= 0.3 is 0 Å². The molecule has 0 fully saturated rings. The first-order valence-electron chi connectivity index (χ1n) is 4.49. The summed E-state index contributed by atoms with van der Waals surface area (Å²) in [6.07, 6.45) is 1.50. The molecular weight excluding hydrogens is 260 g/mol. The molecule has 0 atom stereocenters. The van der Waals surface area contributed by atoms with Crippen molar-refractivity contribution in [3.63, 3.8) is 0 Å². The monoisotopic (exact) mass is 270 g/mol. The van der Waals surface area contributed by atoms with Gasteiger partial charge in [-0.05, 0) is 21.8 Å². The van der Waals surface area contributed by atoms with Crippen molar-refractivity contribution in [1.29, 1.82) is 5.26 Å². The number of aromatic hydroxyl groups is 1. The van der Waals surface area contributed by atoms with E-state index in [1.165, 1.54) is 10.8 Å². The van der Waals surface area contributed by atoms with Gasteiger partial charge in [-0.3, -0.25) is 4.79 Å². The Labute approximate surface area is 95.9 Å². The van der Waals surface area contributed by atoms with Gasteiger partial charge in [-0.2, -0.15) is 5.26 Å². The summed E-state index contributed by atoms with van der Waals surface area (Å²) in [6.45, 7) is 4.46. The predicted octanol–water partition coefficient (Wildman–Crippen LogP) is 1.84. The first kappa shape index (κ1) is 11.8. The summed E-state index contributed by atoms with van der Waals surface area (Å²) in [5.74, 6) is 0.00759. The third-order valence-corrected chi connectivity index (χ3v) is 2.46. The summed E-state index contributed by atoms with van der Waals surface area (Å²) in [5.41, 5.74) is -0.670. The van der Waals surface area contributed by atoms with Crippen LogP contribution in [0.3, 0.4) is 0 Å². The molecule has 1 aromatic rings. The molecular formula is C10H11BrN2O2. The van der Waals surface area contributed by atoms with Crippen LogP contribution < -0.4 is 5.56 Å². The largest absolute Gasteiger partial charge is 0.505 e. The van der Waals surface area contributed by atoms with Crippen molar-refractivity contribution in [1.82, 2.24) is 4.57 Å². The van der Waals surface area contributed by atoms with E-state index in [1.807, 2.05) is 13.8 Å². The first-order chi connectivity index (χ1) is 6.97. The van der Waals surface area contributed by atoms with Crippen molar-refractivity contribution in [2.75, 3.05) is 0 Å². The van der Waals surface area contributed by atoms with Crippen LogP contribution in [0.4, 0.5) is 0 Å². The van der Waals surface area contributed by atoms with E-state index in [4.69, 9.17) is 5.26 Å². The van der Waals surface area contributed by atoms with Crippen LogP contribution in [-0.2, 0) is 6.54 Å². The molecule has 1 rings (SSSR count). The van der Waals surface area contributed by atoms with Gasteiger partial charge in [0.25, 0.3) is 5.56 Å². The minimum atomic E-state index is -0.452. The van der Waals surface area contributed by atoms with E-state index in [0.717, 1.165) is 0 Å². The molecule has 1 aromatic heterocycles. The molecule has 1 heterocycles. The zero-order valence-electron chi connectivity index (χ0n) is 8.49. The van der Waals surface area contributed by atoms with Crippen LogP contribution >= 0.6 is 15.9 Å². The fourth-order valence-corrected chi connectivity index (χ4v) is 1.70. The quantitative estimate of drug-likeness (QED) is 0.892. The number of hydrogen-bond acceptors (Lipinski definition) is 3. The SMILES string of the molecule is CC(C)Cn1cc(Br)c(O)c(C#N)c1=O. The van der Waals surface area contributed by atoms with Gasteiger partial charge in [-0.25, -0.2) is 0 Å². The summed E-state index contributed by atoms with van der Waals surface area (Å²) in [5, 5.41) is 18.2. The Morgan fingerprint density at radius 2 is 2.27 bits per heavy atom. The maximum absolute atomic E-state index is 11.7. The number of nitriles is 1. The van der Waals surface area contributed by atoms with E-state index < -0.39 is 5.56 Å². The second kappa shape index (κ2) is 4.49. The van der Waals surface area contributed by atoms with E-state index in [2.05, 4.69) is 15.9 Å². The first-order valence-corrected chi connectivity index (χ1v) is 5.28. The predicted molar refractivity (Wildman–Crippen MR) is 59.6 cm³/mol. The lowest BCUT2D eigenvalue weighted by Gasteiger charge is -2.10. The minimum Gasteiger partial charge on any atom is -0.505 e. The average molecular weight is 271 g/mol. The van der Waals surface area contributed by atoms with E-state index >= 15 is 0 Å². The lowest BCUT2D eigenvalue weighted by molar-refractivity contribution is 0.457. The molecule has 0 aliphatic heterocycles.